The molecule has 3 atom stereocenters. The summed E-state index contributed by atoms with van der Waals surface area (Å²) < 4.78 is 36.7. The molecule has 82 valence electrons. The summed E-state index contributed by atoms with van der Waals surface area (Å²) in [5, 5.41) is 11.0. The zero-order chi connectivity index (χ0) is 10.9. The molecule has 1 heterocycles. The molecule has 0 unspecified atom stereocenters. The van der Waals surface area contributed by atoms with Crippen molar-refractivity contribution in [1.82, 2.24) is 5.32 Å². The van der Waals surface area contributed by atoms with Crippen molar-refractivity contribution in [2.24, 2.45) is 5.92 Å². The highest BCUT2D eigenvalue weighted by Crippen LogP contribution is 2.30. The van der Waals surface area contributed by atoms with Gasteiger partial charge in [0.2, 0.25) is 0 Å². The second kappa shape index (κ2) is 3.76. The summed E-state index contributed by atoms with van der Waals surface area (Å²) in [6.07, 6.45) is -4.36. The van der Waals surface area contributed by atoms with Crippen molar-refractivity contribution >= 4 is 5.97 Å². The van der Waals surface area contributed by atoms with E-state index in [-0.39, 0.29) is 12.8 Å². The van der Waals surface area contributed by atoms with Crippen LogP contribution in [0.25, 0.3) is 0 Å². The van der Waals surface area contributed by atoms with E-state index in [9.17, 15) is 18.0 Å². The van der Waals surface area contributed by atoms with E-state index in [4.69, 9.17) is 5.11 Å². The SMILES string of the molecule is C[C@@H]1N[C@H](C(F)(F)F)CC[C@@H]1C(=O)O. The molecule has 0 aromatic carbocycles. The summed E-state index contributed by atoms with van der Waals surface area (Å²) in [5.74, 6) is -1.75. The van der Waals surface area contributed by atoms with Gasteiger partial charge in [-0.05, 0) is 19.8 Å². The van der Waals surface area contributed by atoms with Crippen molar-refractivity contribution in [2.75, 3.05) is 0 Å². The number of alkyl halides is 3. The Bertz CT molecular complexity index is 229. The summed E-state index contributed by atoms with van der Waals surface area (Å²) in [5.41, 5.74) is 0. The van der Waals surface area contributed by atoms with Crippen molar-refractivity contribution < 1.29 is 23.1 Å². The smallest absolute Gasteiger partial charge is 0.403 e. The third-order valence-corrected chi connectivity index (χ3v) is 2.55. The second-order valence-electron chi connectivity index (χ2n) is 3.57. The quantitative estimate of drug-likeness (QED) is 0.689. The Kier molecular flexibility index (Phi) is 3.04. The molecule has 0 amide bonds. The fourth-order valence-electron chi connectivity index (χ4n) is 1.71. The van der Waals surface area contributed by atoms with Crippen LogP contribution in [-0.4, -0.2) is 29.3 Å². The summed E-state index contributed by atoms with van der Waals surface area (Å²) in [6, 6.07) is -2.19. The number of nitrogens with one attached hydrogen (secondary N) is 1. The standard InChI is InChI=1S/C8H12F3NO2/c1-4-5(7(13)14)2-3-6(12-4)8(9,10)11/h4-6,12H,2-3H2,1H3,(H,13,14)/t4-,5-,6-/m0/s1. The first-order valence-corrected chi connectivity index (χ1v) is 4.38. The van der Waals surface area contributed by atoms with Gasteiger partial charge < -0.3 is 10.4 Å². The van der Waals surface area contributed by atoms with Crippen molar-refractivity contribution in [3.8, 4) is 0 Å². The largest absolute Gasteiger partial charge is 0.481 e. The first kappa shape index (κ1) is 11.3. The van der Waals surface area contributed by atoms with Gasteiger partial charge in [-0.15, -0.1) is 0 Å². The lowest BCUT2D eigenvalue weighted by molar-refractivity contribution is -0.170. The first-order valence-electron chi connectivity index (χ1n) is 4.38. The van der Waals surface area contributed by atoms with Crippen LogP contribution in [0.15, 0.2) is 0 Å². The van der Waals surface area contributed by atoms with Crippen molar-refractivity contribution in [3.05, 3.63) is 0 Å². The Morgan fingerprint density at radius 3 is 2.36 bits per heavy atom. The zero-order valence-corrected chi connectivity index (χ0v) is 7.64. The fourth-order valence-corrected chi connectivity index (χ4v) is 1.71. The number of rotatable bonds is 1. The molecule has 0 spiro atoms. The number of halogens is 3. The Morgan fingerprint density at radius 2 is 2.00 bits per heavy atom. The third-order valence-electron chi connectivity index (χ3n) is 2.55. The highest BCUT2D eigenvalue weighted by Gasteiger charge is 2.44. The van der Waals surface area contributed by atoms with Crippen LogP contribution >= 0.6 is 0 Å². The highest BCUT2D eigenvalue weighted by molar-refractivity contribution is 5.71. The molecule has 14 heavy (non-hydrogen) atoms. The minimum absolute atomic E-state index is 0.0771. The number of carbonyl (C=O) groups is 1. The molecule has 1 aliphatic heterocycles. The van der Waals surface area contributed by atoms with Gasteiger partial charge in [0.25, 0.3) is 0 Å². The number of hydrogen-bond donors (Lipinski definition) is 2. The topological polar surface area (TPSA) is 49.3 Å². The number of carboxylic acids is 1. The van der Waals surface area contributed by atoms with Crippen molar-refractivity contribution in [2.45, 2.75) is 38.0 Å². The lowest BCUT2D eigenvalue weighted by Gasteiger charge is -2.34. The zero-order valence-electron chi connectivity index (χ0n) is 7.64. The molecule has 0 radical (unpaired) electrons. The summed E-state index contributed by atoms with van der Waals surface area (Å²) >= 11 is 0. The van der Waals surface area contributed by atoms with E-state index >= 15 is 0 Å². The molecule has 2 N–H and O–H groups in total. The van der Waals surface area contributed by atoms with Crippen molar-refractivity contribution in [3.63, 3.8) is 0 Å². The van der Waals surface area contributed by atoms with Crippen LogP contribution in [0.4, 0.5) is 13.2 Å². The number of piperidine rings is 1. The van der Waals surface area contributed by atoms with E-state index in [2.05, 4.69) is 5.32 Å². The molecule has 3 nitrogen and oxygen atoms in total. The normalized spacial score (nSPS) is 34.1. The Hall–Kier alpha value is -0.780. The lowest BCUT2D eigenvalue weighted by Crippen LogP contribution is -2.54. The summed E-state index contributed by atoms with van der Waals surface area (Å²) in [6.45, 7) is 1.47. The number of aliphatic carboxylic acids is 1. The molecule has 1 rings (SSSR count). The van der Waals surface area contributed by atoms with Crippen LogP contribution in [0.2, 0.25) is 0 Å². The van der Waals surface area contributed by atoms with Gasteiger partial charge in [-0.3, -0.25) is 4.79 Å². The molecule has 0 bridgehead atoms. The van der Waals surface area contributed by atoms with E-state index in [1.54, 1.807) is 0 Å². The maximum Gasteiger partial charge on any atom is 0.403 e. The van der Waals surface area contributed by atoms with Gasteiger partial charge >= 0.3 is 12.1 Å². The minimum atomic E-state index is -4.28. The van der Waals surface area contributed by atoms with Crippen LogP contribution in [0.3, 0.4) is 0 Å². The Labute approximate surface area is 79.3 Å². The highest BCUT2D eigenvalue weighted by atomic mass is 19.4. The maximum atomic E-state index is 12.2. The molecule has 0 aliphatic carbocycles. The minimum Gasteiger partial charge on any atom is -0.481 e. The third kappa shape index (κ3) is 2.37. The average Bonchev–Trinajstić information content (AvgIpc) is 2.01. The Morgan fingerprint density at radius 1 is 1.43 bits per heavy atom. The van der Waals surface area contributed by atoms with E-state index in [1.807, 2.05) is 0 Å². The van der Waals surface area contributed by atoms with Gasteiger partial charge in [-0.2, -0.15) is 13.2 Å². The molecule has 6 heteroatoms. The van der Waals surface area contributed by atoms with Crippen LogP contribution in [0.5, 0.6) is 0 Å². The van der Waals surface area contributed by atoms with E-state index < -0.39 is 30.1 Å². The fraction of sp³-hybridized carbons (Fsp3) is 0.875. The van der Waals surface area contributed by atoms with Gasteiger partial charge in [-0.25, -0.2) is 0 Å². The average molecular weight is 211 g/mol. The van der Waals surface area contributed by atoms with Gasteiger partial charge in [0.15, 0.2) is 0 Å². The van der Waals surface area contributed by atoms with Gasteiger partial charge in [0.1, 0.15) is 6.04 Å². The molecule has 1 aliphatic rings. The van der Waals surface area contributed by atoms with Crippen molar-refractivity contribution in [1.29, 1.82) is 0 Å². The molecule has 0 aromatic heterocycles. The van der Waals surface area contributed by atoms with Crippen LogP contribution in [-0.2, 0) is 4.79 Å². The van der Waals surface area contributed by atoms with Gasteiger partial charge in [0, 0.05) is 6.04 Å². The van der Waals surface area contributed by atoms with Crippen LogP contribution in [0.1, 0.15) is 19.8 Å². The predicted molar refractivity (Wildman–Crippen MR) is 42.8 cm³/mol. The maximum absolute atomic E-state index is 12.2. The predicted octanol–water partition coefficient (Wildman–Crippen LogP) is 1.39. The molecule has 1 fully saturated rings. The Balaban J connectivity index is 2.60. The summed E-state index contributed by atoms with van der Waals surface area (Å²) in [7, 11) is 0. The van der Waals surface area contributed by atoms with E-state index in [0.717, 1.165) is 0 Å². The molecular formula is C8H12F3NO2. The van der Waals surface area contributed by atoms with E-state index in [1.165, 1.54) is 6.92 Å². The molecule has 1 saturated heterocycles. The first-order chi connectivity index (χ1) is 6.32. The summed E-state index contributed by atoms with van der Waals surface area (Å²) in [4.78, 5) is 10.6. The second-order valence-corrected chi connectivity index (χ2v) is 3.57. The molecule has 0 aromatic rings. The van der Waals surface area contributed by atoms with Crippen LogP contribution < -0.4 is 5.32 Å². The van der Waals surface area contributed by atoms with Crippen LogP contribution in [0, 0.1) is 5.92 Å². The number of hydrogen-bond acceptors (Lipinski definition) is 2. The van der Waals surface area contributed by atoms with E-state index in [0.29, 0.717) is 0 Å². The number of carboxylic acid groups (broad SMARTS) is 1. The monoisotopic (exact) mass is 211 g/mol. The lowest BCUT2D eigenvalue weighted by atomic mass is 9.88. The molecular weight excluding hydrogens is 199 g/mol. The molecule has 0 saturated carbocycles. The van der Waals surface area contributed by atoms with Gasteiger partial charge in [0.05, 0.1) is 5.92 Å². The van der Waals surface area contributed by atoms with Gasteiger partial charge in [-0.1, -0.05) is 0 Å².